The third-order valence-corrected chi connectivity index (χ3v) is 4.22. The first-order chi connectivity index (χ1) is 13.2. The molecule has 10 heteroatoms. The second-order valence-electron chi connectivity index (χ2n) is 6.16. The topological polar surface area (TPSA) is 76.9 Å². The summed E-state index contributed by atoms with van der Waals surface area (Å²) < 4.78 is 40.2. The zero-order chi connectivity index (χ0) is 20.5. The van der Waals surface area contributed by atoms with Crippen LogP contribution in [0.1, 0.15) is 22.8 Å². The number of hydrogen-bond donors (Lipinski definition) is 1. The molecule has 1 amide bonds. The van der Waals surface area contributed by atoms with Crippen molar-refractivity contribution in [1.82, 2.24) is 20.3 Å². The fraction of sp³-hybridized carbons (Fsp3) is 0.222. The number of carbonyl (C=O) groups excluding carboxylic acids is 1. The molecule has 146 valence electrons. The van der Waals surface area contributed by atoms with Crippen LogP contribution in [0.5, 0.6) is 0 Å². The molecule has 0 fully saturated rings. The van der Waals surface area contributed by atoms with E-state index in [9.17, 15) is 22.8 Å². The Balaban J connectivity index is 1.80. The van der Waals surface area contributed by atoms with E-state index in [1.165, 1.54) is 30.3 Å². The van der Waals surface area contributed by atoms with Crippen molar-refractivity contribution >= 4 is 28.4 Å². The Hall–Kier alpha value is -2.94. The molecule has 3 rings (SSSR count). The lowest BCUT2D eigenvalue weighted by Gasteiger charge is -2.17. The average molecular weight is 411 g/mol. The van der Waals surface area contributed by atoms with E-state index in [1.807, 2.05) is 0 Å². The second kappa shape index (κ2) is 7.59. The fourth-order valence-corrected chi connectivity index (χ4v) is 2.87. The van der Waals surface area contributed by atoms with Gasteiger partial charge in [-0.05, 0) is 37.3 Å². The van der Waals surface area contributed by atoms with Gasteiger partial charge in [-0.3, -0.25) is 9.59 Å². The predicted octanol–water partition coefficient (Wildman–Crippen LogP) is 3.28. The Bertz CT molecular complexity index is 1100. The Morgan fingerprint density at radius 3 is 2.68 bits per heavy atom. The van der Waals surface area contributed by atoms with E-state index in [-0.39, 0.29) is 6.54 Å². The number of hydrogen-bond acceptors (Lipinski definition) is 4. The van der Waals surface area contributed by atoms with Crippen LogP contribution in [0.4, 0.5) is 13.2 Å². The van der Waals surface area contributed by atoms with E-state index in [0.717, 1.165) is 16.8 Å². The van der Waals surface area contributed by atoms with Crippen molar-refractivity contribution in [3.63, 3.8) is 0 Å². The number of nitrogens with zero attached hydrogens (tertiary/aromatic N) is 3. The van der Waals surface area contributed by atoms with Gasteiger partial charge in [0.25, 0.3) is 11.5 Å². The van der Waals surface area contributed by atoms with Gasteiger partial charge in [0.05, 0.1) is 23.1 Å². The largest absolute Gasteiger partial charge is 0.417 e. The highest BCUT2D eigenvalue weighted by atomic mass is 35.5. The van der Waals surface area contributed by atoms with E-state index in [2.05, 4.69) is 15.6 Å². The molecule has 3 aromatic rings. The van der Waals surface area contributed by atoms with Crippen LogP contribution in [0.3, 0.4) is 0 Å². The molecule has 1 unspecified atom stereocenters. The minimum absolute atomic E-state index is 0.0652. The van der Waals surface area contributed by atoms with Crippen LogP contribution in [0.15, 0.2) is 47.3 Å². The van der Waals surface area contributed by atoms with Crippen molar-refractivity contribution in [2.75, 3.05) is 0 Å². The summed E-state index contributed by atoms with van der Waals surface area (Å²) in [4.78, 5) is 24.8. The molecule has 6 nitrogen and oxygen atoms in total. The van der Waals surface area contributed by atoms with Gasteiger partial charge in [-0.15, -0.1) is 5.10 Å². The van der Waals surface area contributed by atoms with E-state index in [0.29, 0.717) is 15.9 Å². The van der Waals surface area contributed by atoms with E-state index in [1.54, 1.807) is 6.92 Å². The fourth-order valence-electron chi connectivity index (χ4n) is 2.70. The van der Waals surface area contributed by atoms with Crippen LogP contribution < -0.4 is 10.9 Å². The Kier molecular flexibility index (Phi) is 5.37. The highest BCUT2D eigenvalue weighted by molar-refractivity contribution is 6.31. The van der Waals surface area contributed by atoms with Gasteiger partial charge in [0.1, 0.15) is 5.52 Å². The molecule has 0 radical (unpaired) electrons. The molecular weight excluding hydrogens is 397 g/mol. The molecule has 28 heavy (non-hydrogen) atoms. The van der Waals surface area contributed by atoms with Crippen LogP contribution in [0, 0.1) is 0 Å². The average Bonchev–Trinajstić information content (AvgIpc) is 2.63. The van der Waals surface area contributed by atoms with Crippen LogP contribution in [0.25, 0.3) is 10.9 Å². The first-order valence-corrected chi connectivity index (χ1v) is 8.55. The number of rotatable bonds is 4. The maximum Gasteiger partial charge on any atom is 0.417 e. The summed E-state index contributed by atoms with van der Waals surface area (Å²) in [5.74, 6) is -0.894. The zero-order valence-electron chi connectivity index (χ0n) is 14.5. The first kappa shape index (κ1) is 19.8. The van der Waals surface area contributed by atoms with Crippen LogP contribution in [0.2, 0.25) is 5.02 Å². The number of fused-ring (bicyclic) bond motifs is 1. The maximum absolute atomic E-state index is 13.1. The Labute approximate surface area is 161 Å². The van der Waals surface area contributed by atoms with Crippen molar-refractivity contribution in [1.29, 1.82) is 0 Å². The third-order valence-electron chi connectivity index (χ3n) is 3.99. The van der Waals surface area contributed by atoms with Crippen molar-refractivity contribution in [2.24, 2.45) is 0 Å². The molecule has 0 bridgehead atoms. The van der Waals surface area contributed by atoms with Gasteiger partial charge < -0.3 is 5.32 Å². The molecule has 1 atom stereocenters. The van der Waals surface area contributed by atoms with Crippen LogP contribution >= 0.6 is 11.6 Å². The number of halogens is 4. The standard InChI is InChI=1S/C18H14ClF3N4O2/c1-10(23-16(27)12-4-2-3-5-14(12)18(20,21)22)9-26-17(28)13-7-6-11(19)8-15(13)24-25-26/h2-8,10H,9H2,1H3,(H,23,27). The number of benzene rings is 2. The molecule has 0 aliphatic rings. The molecular formula is C18H14ClF3N4O2. The molecule has 1 heterocycles. The highest BCUT2D eigenvalue weighted by Gasteiger charge is 2.35. The SMILES string of the molecule is CC(Cn1nnc2cc(Cl)ccc2c1=O)NC(=O)c1ccccc1C(F)(F)F. The lowest BCUT2D eigenvalue weighted by atomic mass is 10.1. The third kappa shape index (κ3) is 4.14. The summed E-state index contributed by atoms with van der Waals surface area (Å²) in [6.45, 7) is 1.48. The molecule has 1 aromatic heterocycles. The molecule has 0 aliphatic heterocycles. The smallest absolute Gasteiger partial charge is 0.348 e. The Morgan fingerprint density at radius 1 is 1.25 bits per heavy atom. The number of alkyl halides is 3. The van der Waals surface area contributed by atoms with Gasteiger partial charge in [0, 0.05) is 11.1 Å². The van der Waals surface area contributed by atoms with Gasteiger partial charge in [0.2, 0.25) is 0 Å². The summed E-state index contributed by atoms with van der Waals surface area (Å²) in [6, 6.07) is 8.35. The number of carbonyl (C=O) groups is 1. The number of aromatic nitrogens is 3. The normalized spacial score (nSPS) is 12.8. The van der Waals surface area contributed by atoms with E-state index < -0.39 is 34.8 Å². The van der Waals surface area contributed by atoms with Crippen molar-refractivity contribution in [3.05, 3.63) is 69.0 Å². The minimum atomic E-state index is -4.65. The first-order valence-electron chi connectivity index (χ1n) is 8.17. The molecule has 1 N–H and O–H groups in total. The second-order valence-corrected chi connectivity index (χ2v) is 6.59. The lowest BCUT2D eigenvalue weighted by molar-refractivity contribution is -0.137. The zero-order valence-corrected chi connectivity index (χ0v) is 15.3. The molecule has 2 aromatic carbocycles. The highest BCUT2D eigenvalue weighted by Crippen LogP contribution is 2.31. The summed E-state index contributed by atoms with van der Waals surface area (Å²) in [5.41, 5.74) is -1.64. The maximum atomic E-state index is 13.1. The molecule has 0 aliphatic carbocycles. The van der Waals surface area contributed by atoms with E-state index in [4.69, 9.17) is 11.6 Å². The summed E-state index contributed by atoms with van der Waals surface area (Å²) >= 11 is 5.85. The Morgan fingerprint density at radius 2 is 1.96 bits per heavy atom. The van der Waals surface area contributed by atoms with Crippen molar-refractivity contribution in [3.8, 4) is 0 Å². The molecule has 0 saturated heterocycles. The number of amides is 1. The summed E-state index contributed by atoms with van der Waals surface area (Å²) in [5, 5.41) is 10.8. The van der Waals surface area contributed by atoms with E-state index >= 15 is 0 Å². The number of nitrogens with one attached hydrogen (secondary N) is 1. The molecule has 0 spiro atoms. The summed E-state index contributed by atoms with van der Waals surface area (Å²) in [7, 11) is 0. The van der Waals surface area contributed by atoms with Gasteiger partial charge >= 0.3 is 6.18 Å². The van der Waals surface area contributed by atoms with Gasteiger partial charge in [-0.1, -0.05) is 28.9 Å². The van der Waals surface area contributed by atoms with Crippen LogP contribution in [-0.4, -0.2) is 26.9 Å². The van der Waals surface area contributed by atoms with Gasteiger partial charge in [-0.2, -0.15) is 13.2 Å². The molecule has 0 saturated carbocycles. The lowest BCUT2D eigenvalue weighted by Crippen LogP contribution is -2.39. The van der Waals surface area contributed by atoms with Gasteiger partial charge in [-0.25, -0.2) is 4.68 Å². The minimum Gasteiger partial charge on any atom is -0.348 e. The predicted molar refractivity (Wildman–Crippen MR) is 97.2 cm³/mol. The van der Waals surface area contributed by atoms with Gasteiger partial charge in [0.15, 0.2) is 0 Å². The quantitative estimate of drug-likeness (QED) is 0.716. The van der Waals surface area contributed by atoms with Crippen molar-refractivity contribution < 1.29 is 18.0 Å². The summed E-state index contributed by atoms with van der Waals surface area (Å²) in [6.07, 6.45) is -4.65. The van der Waals surface area contributed by atoms with Crippen molar-refractivity contribution in [2.45, 2.75) is 25.7 Å². The monoisotopic (exact) mass is 410 g/mol. The van der Waals surface area contributed by atoms with Crippen LogP contribution in [-0.2, 0) is 12.7 Å².